The average molecular weight is 429 g/mol. The maximum atomic E-state index is 14.1. The van der Waals surface area contributed by atoms with Crippen molar-refractivity contribution in [1.29, 1.82) is 0 Å². The quantitative estimate of drug-likeness (QED) is 0.472. The maximum absolute atomic E-state index is 14.1. The van der Waals surface area contributed by atoms with Crippen LogP contribution in [-0.4, -0.2) is 18.3 Å². The molecule has 3 aromatic rings. The van der Waals surface area contributed by atoms with Crippen LogP contribution in [0.1, 0.15) is 13.0 Å². The number of halogens is 4. The van der Waals surface area contributed by atoms with Crippen LogP contribution in [0.25, 0.3) is 11.3 Å². The third kappa shape index (κ3) is 4.41. The summed E-state index contributed by atoms with van der Waals surface area (Å²) in [5.74, 6) is -1.37. The molecule has 0 spiro atoms. The van der Waals surface area contributed by atoms with Crippen LogP contribution in [0, 0.1) is 11.6 Å². The first-order chi connectivity index (χ1) is 12.9. The third-order valence-corrected chi connectivity index (χ3v) is 5.33. The molecule has 1 atom stereocenters. The summed E-state index contributed by atoms with van der Waals surface area (Å²) in [5, 5.41) is 2.97. The zero-order chi connectivity index (χ0) is 19.6. The van der Waals surface area contributed by atoms with E-state index in [0.717, 1.165) is 17.3 Å². The van der Waals surface area contributed by atoms with Gasteiger partial charge in [0.1, 0.15) is 11.5 Å². The normalized spacial score (nSPS) is 13.2. The lowest BCUT2D eigenvalue weighted by Crippen LogP contribution is -2.23. The molecule has 3 rings (SSSR count). The summed E-state index contributed by atoms with van der Waals surface area (Å²) in [7, 11) is 1.60. The van der Waals surface area contributed by atoms with Gasteiger partial charge >= 0.3 is 0 Å². The molecule has 0 N–H and O–H groups in total. The molecule has 0 bridgehead atoms. The van der Waals surface area contributed by atoms with Gasteiger partial charge < -0.3 is 9.30 Å². The molecule has 0 fully saturated rings. The van der Waals surface area contributed by atoms with Crippen molar-refractivity contribution >= 4 is 40.2 Å². The van der Waals surface area contributed by atoms with Gasteiger partial charge in [-0.3, -0.25) is 0 Å². The SMILES string of the molecule is COCC(C)n1c(-c2cc(Cl)ccc2Cl)csc1=Nc1ccc(F)cc1F. The van der Waals surface area contributed by atoms with E-state index in [1.807, 2.05) is 16.9 Å². The van der Waals surface area contributed by atoms with E-state index in [-0.39, 0.29) is 11.7 Å². The van der Waals surface area contributed by atoms with Crippen molar-refractivity contribution in [1.82, 2.24) is 4.57 Å². The van der Waals surface area contributed by atoms with Gasteiger partial charge in [0.15, 0.2) is 10.6 Å². The van der Waals surface area contributed by atoms with Crippen LogP contribution in [0.4, 0.5) is 14.5 Å². The van der Waals surface area contributed by atoms with Gasteiger partial charge in [-0.05, 0) is 37.3 Å². The number of aromatic nitrogens is 1. The van der Waals surface area contributed by atoms with Gasteiger partial charge in [0.25, 0.3) is 0 Å². The molecule has 0 aliphatic rings. The van der Waals surface area contributed by atoms with Crippen molar-refractivity contribution in [3.8, 4) is 11.3 Å². The number of methoxy groups -OCH3 is 1. The van der Waals surface area contributed by atoms with E-state index in [2.05, 4.69) is 4.99 Å². The fourth-order valence-corrected chi connectivity index (χ4v) is 4.10. The van der Waals surface area contributed by atoms with Gasteiger partial charge in [0.05, 0.1) is 23.4 Å². The van der Waals surface area contributed by atoms with E-state index < -0.39 is 11.6 Å². The Hall–Kier alpha value is -1.73. The number of nitrogens with zero attached hydrogens (tertiary/aromatic N) is 2. The number of hydrogen-bond donors (Lipinski definition) is 0. The van der Waals surface area contributed by atoms with Crippen molar-refractivity contribution in [3.63, 3.8) is 0 Å². The molecule has 2 aromatic carbocycles. The molecular formula is C19H16Cl2F2N2OS. The second kappa shape index (κ2) is 8.52. The summed E-state index contributed by atoms with van der Waals surface area (Å²) in [6.07, 6.45) is 0. The molecule has 8 heteroatoms. The number of thiazole rings is 1. The van der Waals surface area contributed by atoms with Crippen LogP contribution in [0.3, 0.4) is 0 Å². The van der Waals surface area contributed by atoms with Crippen LogP contribution in [-0.2, 0) is 4.74 Å². The van der Waals surface area contributed by atoms with Gasteiger partial charge in [-0.2, -0.15) is 0 Å². The fraction of sp³-hybridized carbons (Fsp3) is 0.211. The molecule has 27 heavy (non-hydrogen) atoms. The highest BCUT2D eigenvalue weighted by molar-refractivity contribution is 7.07. The molecule has 0 radical (unpaired) electrons. The minimum atomic E-state index is -0.725. The van der Waals surface area contributed by atoms with Gasteiger partial charge in [-0.25, -0.2) is 13.8 Å². The lowest BCUT2D eigenvalue weighted by atomic mass is 10.1. The number of benzene rings is 2. The Kier molecular flexibility index (Phi) is 6.32. The minimum Gasteiger partial charge on any atom is -0.383 e. The highest BCUT2D eigenvalue weighted by Crippen LogP contribution is 2.32. The van der Waals surface area contributed by atoms with Crippen molar-refractivity contribution in [3.05, 3.63) is 68.3 Å². The Morgan fingerprint density at radius 2 is 1.96 bits per heavy atom. The van der Waals surface area contributed by atoms with Gasteiger partial charge in [-0.1, -0.05) is 23.2 Å². The molecule has 0 saturated carbocycles. The average Bonchev–Trinajstić information content (AvgIpc) is 3.03. The van der Waals surface area contributed by atoms with E-state index in [4.69, 9.17) is 27.9 Å². The Balaban J connectivity index is 2.22. The number of hydrogen-bond acceptors (Lipinski definition) is 3. The zero-order valence-corrected chi connectivity index (χ0v) is 16.9. The smallest absolute Gasteiger partial charge is 0.190 e. The number of rotatable bonds is 5. The van der Waals surface area contributed by atoms with Crippen LogP contribution in [0.2, 0.25) is 10.0 Å². The van der Waals surface area contributed by atoms with Crippen molar-refractivity contribution in [2.75, 3.05) is 13.7 Å². The van der Waals surface area contributed by atoms with E-state index in [0.29, 0.717) is 21.5 Å². The topological polar surface area (TPSA) is 26.5 Å². The Morgan fingerprint density at radius 3 is 2.67 bits per heavy atom. The van der Waals surface area contributed by atoms with Crippen LogP contribution >= 0.6 is 34.5 Å². The third-order valence-electron chi connectivity index (χ3n) is 3.92. The molecule has 3 nitrogen and oxygen atoms in total. The van der Waals surface area contributed by atoms with E-state index in [9.17, 15) is 8.78 Å². The highest BCUT2D eigenvalue weighted by atomic mass is 35.5. The van der Waals surface area contributed by atoms with Gasteiger partial charge in [-0.15, -0.1) is 11.3 Å². The molecule has 0 aliphatic heterocycles. The second-order valence-corrected chi connectivity index (χ2v) is 7.59. The summed E-state index contributed by atoms with van der Waals surface area (Å²) in [6.45, 7) is 2.37. The molecule has 0 aliphatic carbocycles. The van der Waals surface area contributed by atoms with Crippen LogP contribution < -0.4 is 4.80 Å². The monoisotopic (exact) mass is 428 g/mol. The van der Waals surface area contributed by atoms with Crippen molar-refractivity contribution < 1.29 is 13.5 Å². The maximum Gasteiger partial charge on any atom is 0.190 e. The predicted molar refractivity (Wildman–Crippen MR) is 106 cm³/mol. The first-order valence-corrected chi connectivity index (χ1v) is 9.68. The Bertz CT molecular complexity index is 1030. The Morgan fingerprint density at radius 1 is 1.19 bits per heavy atom. The molecular weight excluding hydrogens is 413 g/mol. The van der Waals surface area contributed by atoms with E-state index in [1.54, 1.807) is 25.3 Å². The molecule has 0 saturated heterocycles. The largest absolute Gasteiger partial charge is 0.383 e. The van der Waals surface area contributed by atoms with Crippen LogP contribution in [0.15, 0.2) is 46.8 Å². The fourth-order valence-electron chi connectivity index (χ4n) is 2.71. The summed E-state index contributed by atoms with van der Waals surface area (Å²) in [5.41, 5.74) is 1.59. The summed E-state index contributed by atoms with van der Waals surface area (Å²) < 4.78 is 34.4. The molecule has 1 heterocycles. The first-order valence-electron chi connectivity index (χ1n) is 8.05. The molecule has 1 unspecified atom stereocenters. The van der Waals surface area contributed by atoms with E-state index in [1.165, 1.54) is 23.5 Å². The molecule has 1 aromatic heterocycles. The molecule has 142 valence electrons. The van der Waals surface area contributed by atoms with Crippen molar-refractivity contribution in [2.24, 2.45) is 4.99 Å². The summed E-state index contributed by atoms with van der Waals surface area (Å²) in [6, 6.07) is 8.39. The first kappa shape index (κ1) is 20.0. The van der Waals surface area contributed by atoms with Crippen molar-refractivity contribution in [2.45, 2.75) is 13.0 Å². The summed E-state index contributed by atoms with van der Waals surface area (Å²) in [4.78, 5) is 4.93. The second-order valence-electron chi connectivity index (χ2n) is 5.91. The molecule has 0 amide bonds. The predicted octanol–water partition coefficient (Wildman–Crippen LogP) is 6.24. The van der Waals surface area contributed by atoms with E-state index >= 15 is 0 Å². The zero-order valence-electron chi connectivity index (χ0n) is 14.5. The lowest BCUT2D eigenvalue weighted by molar-refractivity contribution is 0.162. The highest BCUT2D eigenvalue weighted by Gasteiger charge is 2.17. The summed E-state index contributed by atoms with van der Waals surface area (Å²) >= 11 is 13.8. The van der Waals surface area contributed by atoms with Gasteiger partial charge in [0.2, 0.25) is 0 Å². The minimum absolute atomic E-state index is 0.0559. The standard InChI is InChI=1S/C19H16Cl2F2N2OS/c1-11(9-26-2)25-18(14-7-12(20)3-5-15(14)21)10-27-19(25)24-17-6-4-13(22)8-16(17)23/h3-8,10-11H,9H2,1-2H3. The Labute approximate surface area is 169 Å². The van der Waals surface area contributed by atoms with Crippen LogP contribution in [0.5, 0.6) is 0 Å². The lowest BCUT2D eigenvalue weighted by Gasteiger charge is -2.17. The number of ether oxygens (including phenoxy) is 1. The van der Waals surface area contributed by atoms with Gasteiger partial charge in [0, 0.05) is 29.1 Å².